The number of nitrogens with zero attached hydrogens (tertiary/aromatic N) is 3. The Morgan fingerprint density at radius 1 is 1.19 bits per heavy atom. The molecule has 0 spiro atoms. The van der Waals surface area contributed by atoms with E-state index in [-0.39, 0.29) is 5.91 Å². The van der Waals surface area contributed by atoms with Gasteiger partial charge in [0.1, 0.15) is 10.1 Å². The average molecular weight is 430 g/mol. The molecule has 3 aromatic rings. The fraction of sp³-hybridized carbons (Fsp3) is 0.294. The summed E-state index contributed by atoms with van der Waals surface area (Å²) < 4.78 is 7.10. The fourth-order valence-corrected chi connectivity index (χ4v) is 4.82. The molecule has 0 aliphatic carbocycles. The van der Waals surface area contributed by atoms with Gasteiger partial charge in [-0.25, -0.2) is 4.98 Å². The quantitative estimate of drug-likeness (QED) is 0.559. The Hall–Kier alpha value is -1.38. The highest BCUT2D eigenvalue weighted by Gasteiger charge is 2.25. The third-order valence-corrected chi connectivity index (χ3v) is 6.25. The molecule has 2 aromatic heterocycles. The molecule has 9 heteroatoms. The van der Waals surface area contributed by atoms with Gasteiger partial charge in [0.2, 0.25) is 0 Å². The number of thiophene rings is 1. The molecule has 0 saturated heterocycles. The van der Waals surface area contributed by atoms with Gasteiger partial charge in [-0.2, -0.15) is 0 Å². The van der Waals surface area contributed by atoms with Crippen LogP contribution in [-0.4, -0.2) is 50.1 Å². The highest BCUT2D eigenvalue weighted by molar-refractivity contribution is 7.22. The summed E-state index contributed by atoms with van der Waals surface area (Å²) in [7, 11) is 5.54. The lowest BCUT2D eigenvalue weighted by molar-refractivity contribution is 0.0986. The number of hydrogen-bond donors (Lipinski definition) is 0. The van der Waals surface area contributed by atoms with Crippen molar-refractivity contribution in [3.05, 3.63) is 38.5 Å². The molecule has 3 rings (SSSR count). The summed E-state index contributed by atoms with van der Waals surface area (Å²) in [6.45, 7) is 1.19. The van der Waals surface area contributed by atoms with Gasteiger partial charge >= 0.3 is 0 Å². The van der Waals surface area contributed by atoms with E-state index in [1.807, 2.05) is 37.2 Å². The van der Waals surface area contributed by atoms with Crippen molar-refractivity contribution < 1.29 is 9.53 Å². The van der Waals surface area contributed by atoms with Gasteiger partial charge in [0.15, 0.2) is 5.13 Å². The molecule has 5 nitrogen and oxygen atoms in total. The van der Waals surface area contributed by atoms with E-state index in [1.54, 1.807) is 18.1 Å². The zero-order valence-corrected chi connectivity index (χ0v) is 17.6. The van der Waals surface area contributed by atoms with Gasteiger partial charge in [0, 0.05) is 13.1 Å². The minimum absolute atomic E-state index is 0.203. The normalized spacial score (nSPS) is 11.3. The Morgan fingerprint density at radius 3 is 2.58 bits per heavy atom. The summed E-state index contributed by atoms with van der Waals surface area (Å²) in [6.07, 6.45) is 0. The van der Waals surface area contributed by atoms with E-state index < -0.39 is 0 Å². The minimum atomic E-state index is -0.203. The molecule has 0 unspecified atom stereocenters. The number of carbonyl (C=O) groups is 1. The van der Waals surface area contributed by atoms with E-state index in [2.05, 4.69) is 4.98 Å². The number of rotatable bonds is 6. The molecule has 1 aromatic carbocycles. The van der Waals surface area contributed by atoms with Crippen LogP contribution in [0.15, 0.2) is 24.3 Å². The number of likely N-dealkylation sites (N-methyl/N-ethyl adjacent to an activating group) is 1. The number of anilines is 1. The molecule has 2 heterocycles. The van der Waals surface area contributed by atoms with Crippen molar-refractivity contribution in [1.82, 2.24) is 9.88 Å². The molecule has 0 N–H and O–H groups in total. The maximum absolute atomic E-state index is 13.1. The number of amides is 1. The number of hydrogen-bond acceptors (Lipinski definition) is 6. The lowest BCUT2D eigenvalue weighted by atomic mass is 10.3. The third-order valence-electron chi connectivity index (χ3n) is 3.72. The highest BCUT2D eigenvalue weighted by Crippen LogP contribution is 2.35. The molecule has 0 atom stereocenters. The summed E-state index contributed by atoms with van der Waals surface area (Å²) in [5.41, 5.74) is 1.22. The van der Waals surface area contributed by atoms with Crippen LogP contribution < -0.4 is 9.64 Å². The van der Waals surface area contributed by atoms with Crippen LogP contribution in [0.25, 0.3) is 10.2 Å². The van der Waals surface area contributed by atoms with Gasteiger partial charge in [0.05, 0.1) is 27.2 Å². The number of halogens is 2. The predicted octanol–water partition coefficient (Wildman–Crippen LogP) is 4.88. The molecule has 138 valence electrons. The highest BCUT2D eigenvalue weighted by atomic mass is 35.5. The molecule has 0 saturated carbocycles. The van der Waals surface area contributed by atoms with Crippen LogP contribution in [0.1, 0.15) is 10.4 Å². The molecule has 0 bridgehead atoms. The fourth-order valence-electron chi connectivity index (χ4n) is 2.35. The van der Waals surface area contributed by atoms with Crippen molar-refractivity contribution in [2.75, 3.05) is 39.2 Å². The van der Waals surface area contributed by atoms with Gasteiger partial charge in [-0.3, -0.25) is 9.69 Å². The van der Waals surface area contributed by atoms with E-state index in [0.717, 1.165) is 16.0 Å². The zero-order chi connectivity index (χ0) is 18.8. The largest absolute Gasteiger partial charge is 0.497 e. The number of thiazole rings is 1. The number of carbonyl (C=O) groups excluding carboxylic acids is 1. The Bertz CT molecular complexity index is 939. The van der Waals surface area contributed by atoms with Crippen LogP contribution in [0.3, 0.4) is 0 Å². The SMILES string of the molecule is COc1ccc2nc(N(CCN(C)C)C(=O)c3cc(Cl)sc3Cl)sc2c1. The van der Waals surface area contributed by atoms with Gasteiger partial charge < -0.3 is 9.64 Å². The van der Waals surface area contributed by atoms with Crippen LogP contribution in [0.4, 0.5) is 5.13 Å². The van der Waals surface area contributed by atoms with E-state index in [1.165, 1.54) is 22.7 Å². The molecule has 0 fully saturated rings. The molecule has 1 amide bonds. The molecule has 0 radical (unpaired) electrons. The Labute approximate surface area is 169 Å². The summed E-state index contributed by atoms with van der Waals surface area (Å²) in [5.74, 6) is 0.553. The van der Waals surface area contributed by atoms with Crippen molar-refractivity contribution in [2.45, 2.75) is 0 Å². The summed E-state index contributed by atoms with van der Waals surface area (Å²) in [5, 5.41) is 0.624. The number of fused-ring (bicyclic) bond motifs is 1. The standard InChI is InChI=1S/C17H17Cl2N3O2S2/c1-21(2)6-7-22(16(23)11-9-14(18)26-15(11)19)17-20-12-5-4-10(24-3)8-13(12)25-17/h4-5,8-9H,6-7H2,1-3H3. The predicted molar refractivity (Wildman–Crippen MR) is 111 cm³/mol. The van der Waals surface area contributed by atoms with Crippen molar-refractivity contribution in [3.63, 3.8) is 0 Å². The van der Waals surface area contributed by atoms with Crippen molar-refractivity contribution >= 4 is 67.1 Å². The Balaban J connectivity index is 2.00. The second-order valence-corrected chi connectivity index (χ2v) is 9.12. The first-order chi connectivity index (χ1) is 12.4. The lowest BCUT2D eigenvalue weighted by Crippen LogP contribution is -2.36. The first-order valence-electron chi connectivity index (χ1n) is 7.75. The summed E-state index contributed by atoms with van der Waals surface area (Å²) >= 11 is 14.8. The third kappa shape index (κ3) is 4.13. The zero-order valence-electron chi connectivity index (χ0n) is 14.5. The maximum atomic E-state index is 13.1. The van der Waals surface area contributed by atoms with Crippen LogP contribution in [0.2, 0.25) is 8.67 Å². The second-order valence-electron chi connectivity index (χ2n) is 5.83. The number of ether oxygens (including phenoxy) is 1. The average Bonchev–Trinajstić information content (AvgIpc) is 3.16. The van der Waals surface area contributed by atoms with Gasteiger partial charge in [0.25, 0.3) is 5.91 Å². The smallest absolute Gasteiger partial charge is 0.262 e. The Kier molecular flexibility index (Phi) is 6.04. The van der Waals surface area contributed by atoms with Crippen LogP contribution in [0.5, 0.6) is 5.75 Å². The lowest BCUT2D eigenvalue weighted by Gasteiger charge is -2.21. The monoisotopic (exact) mass is 429 g/mol. The number of aromatic nitrogens is 1. The molecule has 0 aliphatic rings. The van der Waals surface area contributed by atoms with Crippen LogP contribution in [-0.2, 0) is 0 Å². The number of methoxy groups -OCH3 is 1. The second kappa shape index (κ2) is 8.10. The summed E-state index contributed by atoms with van der Waals surface area (Å²) in [4.78, 5) is 21.4. The van der Waals surface area contributed by atoms with Crippen LogP contribution in [0, 0.1) is 0 Å². The first-order valence-corrected chi connectivity index (χ1v) is 10.1. The topological polar surface area (TPSA) is 45.7 Å². The summed E-state index contributed by atoms with van der Waals surface area (Å²) in [6, 6.07) is 7.26. The maximum Gasteiger partial charge on any atom is 0.262 e. The molecular formula is C17H17Cl2N3O2S2. The first kappa shape index (κ1) is 19.4. The molecule has 0 aliphatic heterocycles. The minimum Gasteiger partial charge on any atom is -0.497 e. The van der Waals surface area contributed by atoms with Crippen molar-refractivity contribution in [3.8, 4) is 5.75 Å². The molecular weight excluding hydrogens is 413 g/mol. The van der Waals surface area contributed by atoms with E-state index in [4.69, 9.17) is 27.9 Å². The van der Waals surface area contributed by atoms with Crippen molar-refractivity contribution in [2.24, 2.45) is 0 Å². The number of benzene rings is 1. The van der Waals surface area contributed by atoms with Gasteiger partial charge in [-0.05, 0) is 38.4 Å². The van der Waals surface area contributed by atoms with E-state index in [9.17, 15) is 4.79 Å². The van der Waals surface area contributed by atoms with Gasteiger partial charge in [-0.1, -0.05) is 34.5 Å². The Morgan fingerprint density at radius 2 is 1.96 bits per heavy atom. The van der Waals surface area contributed by atoms with Crippen LogP contribution >= 0.6 is 45.9 Å². The van der Waals surface area contributed by atoms with Gasteiger partial charge in [-0.15, -0.1) is 11.3 Å². The van der Waals surface area contributed by atoms with E-state index in [0.29, 0.717) is 32.5 Å². The molecule has 26 heavy (non-hydrogen) atoms. The van der Waals surface area contributed by atoms with Crippen molar-refractivity contribution in [1.29, 1.82) is 0 Å². The van der Waals surface area contributed by atoms with E-state index >= 15 is 0 Å².